The Labute approximate surface area is 98.8 Å². The van der Waals surface area contributed by atoms with Gasteiger partial charge in [0.2, 0.25) is 0 Å². The molecular formula is C15H22O. The normalized spacial score (nSPS) is 17.9. The lowest BCUT2D eigenvalue weighted by molar-refractivity contribution is 0.271. The summed E-state index contributed by atoms with van der Waals surface area (Å²) in [6.45, 7) is 2.29. The van der Waals surface area contributed by atoms with Crippen LogP contribution in [0, 0.1) is 5.92 Å². The summed E-state index contributed by atoms with van der Waals surface area (Å²) in [5.41, 5.74) is 1.40. The Morgan fingerprint density at radius 2 is 2.06 bits per heavy atom. The first-order valence-corrected chi connectivity index (χ1v) is 6.48. The molecule has 16 heavy (non-hydrogen) atoms. The number of ether oxygens (including phenoxy) is 1. The first-order valence-electron chi connectivity index (χ1n) is 6.48. The Morgan fingerprint density at radius 3 is 2.62 bits per heavy atom. The lowest BCUT2D eigenvalue weighted by Gasteiger charge is -2.30. The van der Waals surface area contributed by atoms with E-state index in [1.807, 2.05) is 0 Å². The molecule has 0 aliphatic heterocycles. The molecule has 1 unspecified atom stereocenters. The SMILES string of the molecule is CCC(CC1CCC1)c1ccccc1OC. The number of para-hydroxylation sites is 1. The van der Waals surface area contributed by atoms with Crippen molar-refractivity contribution >= 4 is 0 Å². The van der Waals surface area contributed by atoms with E-state index < -0.39 is 0 Å². The Kier molecular flexibility index (Phi) is 3.87. The number of benzene rings is 1. The molecule has 0 aromatic heterocycles. The van der Waals surface area contributed by atoms with Gasteiger partial charge in [-0.1, -0.05) is 44.4 Å². The molecule has 0 saturated heterocycles. The van der Waals surface area contributed by atoms with Crippen LogP contribution in [-0.2, 0) is 0 Å². The van der Waals surface area contributed by atoms with Gasteiger partial charge < -0.3 is 4.74 Å². The second-order valence-corrected chi connectivity index (χ2v) is 4.88. The Bertz CT molecular complexity index is 328. The van der Waals surface area contributed by atoms with Crippen molar-refractivity contribution in [1.82, 2.24) is 0 Å². The number of hydrogen-bond donors (Lipinski definition) is 0. The molecule has 0 bridgehead atoms. The van der Waals surface area contributed by atoms with Gasteiger partial charge >= 0.3 is 0 Å². The van der Waals surface area contributed by atoms with Gasteiger partial charge in [0.05, 0.1) is 7.11 Å². The predicted octanol–water partition coefficient (Wildman–Crippen LogP) is 4.38. The zero-order valence-corrected chi connectivity index (χ0v) is 10.4. The molecule has 0 amide bonds. The molecule has 88 valence electrons. The van der Waals surface area contributed by atoms with E-state index >= 15 is 0 Å². The first-order chi connectivity index (χ1) is 7.85. The molecule has 0 radical (unpaired) electrons. The van der Waals surface area contributed by atoms with Crippen LogP contribution in [0.3, 0.4) is 0 Å². The van der Waals surface area contributed by atoms with Gasteiger partial charge in [-0.15, -0.1) is 0 Å². The molecule has 0 N–H and O–H groups in total. The molecule has 2 rings (SSSR count). The van der Waals surface area contributed by atoms with Crippen molar-refractivity contribution in [2.45, 2.75) is 44.9 Å². The second-order valence-electron chi connectivity index (χ2n) is 4.88. The average Bonchev–Trinajstić information content (AvgIpc) is 2.28. The van der Waals surface area contributed by atoms with Crippen molar-refractivity contribution in [2.75, 3.05) is 7.11 Å². The molecule has 1 aromatic carbocycles. The van der Waals surface area contributed by atoms with E-state index in [9.17, 15) is 0 Å². The summed E-state index contributed by atoms with van der Waals surface area (Å²) in [6, 6.07) is 8.49. The van der Waals surface area contributed by atoms with Gasteiger partial charge in [-0.25, -0.2) is 0 Å². The van der Waals surface area contributed by atoms with E-state index in [1.165, 1.54) is 37.7 Å². The first kappa shape index (κ1) is 11.5. The Hall–Kier alpha value is -0.980. The molecule has 1 fully saturated rings. The maximum atomic E-state index is 5.46. The zero-order chi connectivity index (χ0) is 11.4. The maximum Gasteiger partial charge on any atom is 0.122 e. The van der Waals surface area contributed by atoms with Crippen molar-refractivity contribution in [3.05, 3.63) is 29.8 Å². The van der Waals surface area contributed by atoms with Crippen LogP contribution in [0.15, 0.2) is 24.3 Å². The van der Waals surface area contributed by atoms with Crippen LogP contribution in [0.4, 0.5) is 0 Å². The van der Waals surface area contributed by atoms with E-state index in [4.69, 9.17) is 4.74 Å². The number of hydrogen-bond acceptors (Lipinski definition) is 1. The predicted molar refractivity (Wildman–Crippen MR) is 68.0 cm³/mol. The van der Waals surface area contributed by atoms with Crippen molar-refractivity contribution in [1.29, 1.82) is 0 Å². The minimum absolute atomic E-state index is 0.682. The molecule has 0 spiro atoms. The summed E-state index contributed by atoms with van der Waals surface area (Å²) >= 11 is 0. The highest BCUT2D eigenvalue weighted by Crippen LogP contribution is 2.39. The molecule has 1 heteroatoms. The smallest absolute Gasteiger partial charge is 0.122 e. The van der Waals surface area contributed by atoms with Crippen LogP contribution in [0.5, 0.6) is 5.75 Å². The molecule has 1 aliphatic carbocycles. The van der Waals surface area contributed by atoms with Crippen LogP contribution in [-0.4, -0.2) is 7.11 Å². The number of methoxy groups -OCH3 is 1. The van der Waals surface area contributed by atoms with Crippen LogP contribution in [0.2, 0.25) is 0 Å². The molecule has 1 atom stereocenters. The third-order valence-corrected chi connectivity index (χ3v) is 3.91. The highest BCUT2D eigenvalue weighted by Gasteiger charge is 2.23. The van der Waals surface area contributed by atoms with E-state index in [0.717, 1.165) is 11.7 Å². The van der Waals surface area contributed by atoms with E-state index in [2.05, 4.69) is 31.2 Å². The average molecular weight is 218 g/mol. The summed E-state index contributed by atoms with van der Waals surface area (Å²) in [4.78, 5) is 0. The monoisotopic (exact) mass is 218 g/mol. The van der Waals surface area contributed by atoms with Gasteiger partial charge in [0, 0.05) is 0 Å². The molecule has 1 nitrogen and oxygen atoms in total. The molecule has 0 heterocycles. The third kappa shape index (κ3) is 2.40. The lowest BCUT2D eigenvalue weighted by atomic mass is 9.76. The topological polar surface area (TPSA) is 9.23 Å². The van der Waals surface area contributed by atoms with E-state index in [-0.39, 0.29) is 0 Å². The van der Waals surface area contributed by atoms with Crippen molar-refractivity contribution in [3.63, 3.8) is 0 Å². The maximum absolute atomic E-state index is 5.46. The van der Waals surface area contributed by atoms with Crippen molar-refractivity contribution < 1.29 is 4.74 Å². The minimum Gasteiger partial charge on any atom is -0.496 e. The van der Waals surface area contributed by atoms with Crippen molar-refractivity contribution in [3.8, 4) is 5.75 Å². The van der Waals surface area contributed by atoms with Crippen LogP contribution >= 0.6 is 0 Å². The van der Waals surface area contributed by atoms with Gasteiger partial charge in [0.1, 0.15) is 5.75 Å². The quantitative estimate of drug-likeness (QED) is 0.712. The molecule has 1 aliphatic rings. The van der Waals surface area contributed by atoms with E-state index in [1.54, 1.807) is 7.11 Å². The third-order valence-electron chi connectivity index (χ3n) is 3.91. The molecule has 1 saturated carbocycles. The highest BCUT2D eigenvalue weighted by atomic mass is 16.5. The van der Waals surface area contributed by atoms with Crippen LogP contribution < -0.4 is 4.74 Å². The minimum atomic E-state index is 0.682. The Balaban J connectivity index is 2.11. The Morgan fingerprint density at radius 1 is 1.31 bits per heavy atom. The van der Waals surface area contributed by atoms with E-state index in [0.29, 0.717) is 5.92 Å². The summed E-state index contributed by atoms with van der Waals surface area (Å²) in [5, 5.41) is 0. The lowest BCUT2D eigenvalue weighted by Crippen LogP contribution is -2.15. The van der Waals surface area contributed by atoms with Crippen LogP contribution in [0.25, 0.3) is 0 Å². The van der Waals surface area contributed by atoms with Crippen molar-refractivity contribution in [2.24, 2.45) is 5.92 Å². The highest BCUT2D eigenvalue weighted by molar-refractivity contribution is 5.36. The van der Waals surface area contributed by atoms with Gasteiger partial charge in [0.15, 0.2) is 0 Å². The fraction of sp³-hybridized carbons (Fsp3) is 0.600. The fourth-order valence-electron chi connectivity index (χ4n) is 2.65. The summed E-state index contributed by atoms with van der Waals surface area (Å²) in [7, 11) is 1.77. The largest absolute Gasteiger partial charge is 0.496 e. The fourth-order valence-corrected chi connectivity index (χ4v) is 2.65. The summed E-state index contributed by atoms with van der Waals surface area (Å²) in [6.07, 6.45) is 6.87. The number of rotatable bonds is 5. The molecular weight excluding hydrogens is 196 g/mol. The van der Waals surface area contributed by atoms with Gasteiger partial charge in [-0.3, -0.25) is 0 Å². The summed E-state index contributed by atoms with van der Waals surface area (Å²) < 4.78 is 5.46. The van der Waals surface area contributed by atoms with Gasteiger partial charge in [0.25, 0.3) is 0 Å². The molecule has 1 aromatic rings. The standard InChI is InChI=1S/C15H22O/c1-3-13(11-12-7-6-8-12)14-9-4-5-10-15(14)16-2/h4-5,9-10,12-13H,3,6-8,11H2,1-2H3. The second kappa shape index (κ2) is 5.38. The van der Waals surface area contributed by atoms with Crippen LogP contribution in [0.1, 0.15) is 50.5 Å². The van der Waals surface area contributed by atoms with Gasteiger partial charge in [-0.05, 0) is 36.3 Å². The summed E-state index contributed by atoms with van der Waals surface area (Å²) in [5.74, 6) is 2.71. The zero-order valence-electron chi connectivity index (χ0n) is 10.4. The van der Waals surface area contributed by atoms with Gasteiger partial charge in [-0.2, -0.15) is 0 Å².